The number of ether oxygens (including phenoxy) is 2. The lowest BCUT2D eigenvalue weighted by molar-refractivity contribution is 0.301. The van der Waals surface area contributed by atoms with Gasteiger partial charge in [0, 0.05) is 16.8 Å². The van der Waals surface area contributed by atoms with Gasteiger partial charge in [0.25, 0.3) is 0 Å². The molecule has 0 atom stereocenters. The summed E-state index contributed by atoms with van der Waals surface area (Å²) in [5, 5.41) is 0. The first-order valence-corrected chi connectivity index (χ1v) is 10.4. The topological polar surface area (TPSA) is 44.5 Å². The normalized spacial score (nSPS) is 12.8. The zero-order valence-electron chi connectivity index (χ0n) is 17.5. The molecule has 0 saturated heterocycles. The molecule has 4 rings (SSSR count). The van der Waals surface area contributed by atoms with Crippen LogP contribution in [-0.2, 0) is 19.4 Å². The van der Waals surface area contributed by atoms with Crippen molar-refractivity contribution in [2.45, 2.75) is 52.6 Å². The number of aryl methyl sites for hydroxylation is 1. The maximum Gasteiger partial charge on any atom is 0.133 e. The minimum atomic E-state index is 0.336. The van der Waals surface area contributed by atoms with Crippen molar-refractivity contribution in [2.24, 2.45) is 0 Å². The minimum absolute atomic E-state index is 0.336. The van der Waals surface area contributed by atoms with E-state index in [1.165, 1.54) is 11.1 Å². The van der Waals surface area contributed by atoms with E-state index in [1.54, 1.807) is 0 Å². The van der Waals surface area contributed by atoms with Crippen LogP contribution in [0.1, 0.15) is 54.0 Å². The van der Waals surface area contributed by atoms with Gasteiger partial charge in [0.2, 0.25) is 0 Å². The van der Waals surface area contributed by atoms with Crippen LogP contribution in [0, 0.1) is 6.92 Å². The third kappa shape index (κ3) is 4.09. The fraction of sp³-hybridized carbons (Fsp3) is 0.308. The second-order valence-corrected chi connectivity index (χ2v) is 8.15. The van der Waals surface area contributed by atoms with Gasteiger partial charge in [-0.1, -0.05) is 44.2 Å². The smallest absolute Gasteiger partial charge is 0.133 e. The zero-order valence-corrected chi connectivity index (χ0v) is 17.5. The van der Waals surface area contributed by atoms with Crippen molar-refractivity contribution in [3.05, 3.63) is 82.4 Å². The SMILES string of the molecule is Cc1cc(N)c2c(c1Oc1ccc(OCc3ccccc3)c(C(C)C)c1)CCC2. The lowest BCUT2D eigenvalue weighted by Crippen LogP contribution is -2.02. The van der Waals surface area contributed by atoms with Crippen molar-refractivity contribution in [2.75, 3.05) is 5.73 Å². The number of hydrogen-bond donors (Lipinski definition) is 1. The molecule has 3 heteroatoms. The van der Waals surface area contributed by atoms with Crippen LogP contribution in [0.4, 0.5) is 5.69 Å². The van der Waals surface area contributed by atoms with E-state index in [-0.39, 0.29) is 0 Å². The molecule has 0 aliphatic heterocycles. The molecule has 0 bridgehead atoms. The van der Waals surface area contributed by atoms with Gasteiger partial charge in [-0.05, 0) is 73.1 Å². The lowest BCUT2D eigenvalue weighted by atomic mass is 10.0. The number of benzene rings is 3. The molecule has 0 fully saturated rings. The maximum atomic E-state index is 6.40. The Labute approximate surface area is 173 Å². The molecule has 0 spiro atoms. The van der Waals surface area contributed by atoms with Crippen molar-refractivity contribution in [3.63, 3.8) is 0 Å². The number of nitrogens with two attached hydrogens (primary N) is 1. The molecule has 0 amide bonds. The molecule has 0 heterocycles. The summed E-state index contributed by atoms with van der Waals surface area (Å²) in [6, 6.07) is 18.4. The summed E-state index contributed by atoms with van der Waals surface area (Å²) < 4.78 is 12.5. The van der Waals surface area contributed by atoms with Gasteiger partial charge in [-0.3, -0.25) is 0 Å². The Morgan fingerprint density at radius 2 is 1.72 bits per heavy atom. The molecule has 3 nitrogen and oxygen atoms in total. The van der Waals surface area contributed by atoms with Gasteiger partial charge < -0.3 is 15.2 Å². The van der Waals surface area contributed by atoms with E-state index in [1.807, 2.05) is 36.4 Å². The van der Waals surface area contributed by atoms with Gasteiger partial charge in [0.15, 0.2) is 0 Å². The predicted octanol–water partition coefficient (Wildman–Crippen LogP) is 6.56. The number of hydrogen-bond acceptors (Lipinski definition) is 3. The molecule has 1 aliphatic carbocycles. The lowest BCUT2D eigenvalue weighted by Gasteiger charge is -2.18. The second kappa shape index (κ2) is 8.20. The average Bonchev–Trinajstić information content (AvgIpc) is 3.21. The van der Waals surface area contributed by atoms with Crippen molar-refractivity contribution in [1.29, 1.82) is 0 Å². The van der Waals surface area contributed by atoms with Crippen LogP contribution in [-0.4, -0.2) is 0 Å². The highest BCUT2D eigenvalue weighted by Crippen LogP contribution is 2.41. The van der Waals surface area contributed by atoms with Gasteiger partial charge in [-0.25, -0.2) is 0 Å². The Morgan fingerprint density at radius 1 is 0.966 bits per heavy atom. The van der Waals surface area contributed by atoms with Crippen LogP contribution in [0.15, 0.2) is 54.6 Å². The number of rotatable bonds is 6. The highest BCUT2D eigenvalue weighted by Gasteiger charge is 2.21. The Bertz CT molecular complexity index is 1010. The summed E-state index contributed by atoms with van der Waals surface area (Å²) in [6.07, 6.45) is 3.22. The molecule has 0 aromatic heterocycles. The number of anilines is 1. The van der Waals surface area contributed by atoms with Gasteiger partial charge in [-0.2, -0.15) is 0 Å². The van der Waals surface area contributed by atoms with Crippen molar-refractivity contribution in [1.82, 2.24) is 0 Å². The molecular weight excluding hydrogens is 358 g/mol. The number of nitrogen functional groups attached to an aromatic ring is 1. The van der Waals surface area contributed by atoms with E-state index in [9.17, 15) is 0 Å². The molecule has 0 saturated carbocycles. The summed E-state index contributed by atoms with van der Waals surface area (Å²) in [4.78, 5) is 0. The van der Waals surface area contributed by atoms with Crippen LogP contribution < -0.4 is 15.2 Å². The van der Waals surface area contributed by atoms with E-state index < -0.39 is 0 Å². The van der Waals surface area contributed by atoms with Crippen molar-refractivity contribution >= 4 is 5.69 Å². The van der Waals surface area contributed by atoms with E-state index in [0.29, 0.717) is 12.5 Å². The largest absolute Gasteiger partial charge is 0.489 e. The monoisotopic (exact) mass is 387 g/mol. The van der Waals surface area contributed by atoms with Crippen LogP contribution >= 0.6 is 0 Å². The zero-order chi connectivity index (χ0) is 20.4. The quantitative estimate of drug-likeness (QED) is 0.487. The van der Waals surface area contributed by atoms with Gasteiger partial charge in [0.05, 0.1) is 0 Å². The fourth-order valence-electron chi connectivity index (χ4n) is 4.10. The summed E-state index contributed by atoms with van der Waals surface area (Å²) >= 11 is 0. The first kappa shape index (κ1) is 19.4. The van der Waals surface area contributed by atoms with E-state index in [4.69, 9.17) is 15.2 Å². The van der Waals surface area contributed by atoms with Gasteiger partial charge in [-0.15, -0.1) is 0 Å². The summed E-state index contributed by atoms with van der Waals surface area (Å²) in [7, 11) is 0. The van der Waals surface area contributed by atoms with Gasteiger partial charge >= 0.3 is 0 Å². The summed E-state index contributed by atoms with van der Waals surface area (Å²) in [5.74, 6) is 3.07. The van der Waals surface area contributed by atoms with E-state index in [0.717, 1.165) is 58.9 Å². The Balaban J connectivity index is 1.60. The van der Waals surface area contributed by atoms with Crippen molar-refractivity contribution in [3.8, 4) is 17.2 Å². The molecule has 2 N–H and O–H groups in total. The molecule has 150 valence electrons. The van der Waals surface area contributed by atoms with Crippen LogP contribution in [0.25, 0.3) is 0 Å². The van der Waals surface area contributed by atoms with Crippen LogP contribution in [0.3, 0.4) is 0 Å². The molecule has 29 heavy (non-hydrogen) atoms. The number of fused-ring (bicyclic) bond motifs is 1. The average molecular weight is 388 g/mol. The first-order chi connectivity index (χ1) is 14.0. The first-order valence-electron chi connectivity index (χ1n) is 10.4. The minimum Gasteiger partial charge on any atom is -0.489 e. The Hall–Kier alpha value is -2.94. The highest BCUT2D eigenvalue weighted by atomic mass is 16.5. The predicted molar refractivity (Wildman–Crippen MR) is 119 cm³/mol. The fourth-order valence-corrected chi connectivity index (χ4v) is 4.10. The molecule has 3 aromatic carbocycles. The third-order valence-electron chi connectivity index (χ3n) is 5.63. The van der Waals surface area contributed by atoms with E-state index in [2.05, 4.69) is 39.0 Å². The molecule has 3 aromatic rings. The standard InChI is InChI=1S/C26H29NO2/c1-17(2)23-15-20(12-13-25(23)28-16-19-8-5-4-6-9-19)29-26-18(3)14-24(27)21-10-7-11-22(21)26/h4-6,8-9,12-15,17H,7,10-11,16,27H2,1-3H3. The summed E-state index contributed by atoms with van der Waals surface area (Å²) in [5.41, 5.74) is 13.1. The van der Waals surface area contributed by atoms with Crippen LogP contribution in [0.2, 0.25) is 0 Å². The Morgan fingerprint density at radius 3 is 2.48 bits per heavy atom. The molecular formula is C26H29NO2. The maximum absolute atomic E-state index is 6.40. The summed E-state index contributed by atoms with van der Waals surface area (Å²) in [6.45, 7) is 7.00. The van der Waals surface area contributed by atoms with Gasteiger partial charge in [0.1, 0.15) is 23.9 Å². The third-order valence-corrected chi connectivity index (χ3v) is 5.63. The van der Waals surface area contributed by atoms with Crippen molar-refractivity contribution < 1.29 is 9.47 Å². The molecule has 0 radical (unpaired) electrons. The second-order valence-electron chi connectivity index (χ2n) is 8.15. The Kier molecular flexibility index (Phi) is 5.48. The van der Waals surface area contributed by atoms with E-state index >= 15 is 0 Å². The highest BCUT2D eigenvalue weighted by molar-refractivity contribution is 5.62. The molecule has 1 aliphatic rings. The van der Waals surface area contributed by atoms with Crippen LogP contribution in [0.5, 0.6) is 17.2 Å². The molecule has 0 unspecified atom stereocenters.